The van der Waals surface area contributed by atoms with Crippen molar-refractivity contribution in [2.24, 2.45) is 0 Å². The molecule has 0 radical (unpaired) electrons. The standard InChI is InChI=1S/C10H13O2P/c1-7(10(11)12-2)8-3-5-9(13)6-4-8/h3-7H,13H2,1-2H3. The van der Waals surface area contributed by atoms with E-state index in [9.17, 15) is 4.79 Å². The van der Waals surface area contributed by atoms with Crippen LogP contribution in [0.15, 0.2) is 24.3 Å². The Morgan fingerprint density at radius 2 is 1.92 bits per heavy atom. The Morgan fingerprint density at radius 1 is 1.38 bits per heavy atom. The lowest BCUT2D eigenvalue weighted by Crippen LogP contribution is -2.11. The molecule has 1 rings (SSSR count). The van der Waals surface area contributed by atoms with Crippen LogP contribution in [0.4, 0.5) is 0 Å². The molecule has 0 N–H and O–H groups in total. The maximum Gasteiger partial charge on any atom is 0.312 e. The van der Waals surface area contributed by atoms with E-state index in [1.165, 1.54) is 7.11 Å². The second-order valence-corrected chi connectivity index (χ2v) is 3.58. The van der Waals surface area contributed by atoms with E-state index in [1.54, 1.807) is 0 Å². The fraction of sp³-hybridized carbons (Fsp3) is 0.300. The van der Waals surface area contributed by atoms with Gasteiger partial charge in [0, 0.05) is 0 Å². The predicted molar refractivity (Wildman–Crippen MR) is 56.2 cm³/mol. The van der Waals surface area contributed by atoms with E-state index in [1.807, 2.05) is 31.2 Å². The van der Waals surface area contributed by atoms with Gasteiger partial charge in [-0.3, -0.25) is 4.79 Å². The van der Waals surface area contributed by atoms with Crippen LogP contribution in [0.1, 0.15) is 18.4 Å². The molecule has 0 spiro atoms. The third-order valence-electron chi connectivity index (χ3n) is 1.99. The van der Waals surface area contributed by atoms with Crippen molar-refractivity contribution >= 4 is 20.5 Å². The fourth-order valence-corrected chi connectivity index (χ4v) is 1.29. The fourth-order valence-electron chi connectivity index (χ4n) is 1.10. The topological polar surface area (TPSA) is 26.3 Å². The molecule has 0 saturated carbocycles. The second kappa shape index (κ2) is 4.38. The Labute approximate surface area is 80.5 Å². The van der Waals surface area contributed by atoms with Gasteiger partial charge in [-0.25, -0.2) is 0 Å². The Kier molecular flexibility index (Phi) is 3.44. The quantitative estimate of drug-likeness (QED) is 0.528. The Bertz CT molecular complexity index is 292. The van der Waals surface area contributed by atoms with Gasteiger partial charge in [-0.1, -0.05) is 24.3 Å². The molecule has 3 heteroatoms. The van der Waals surface area contributed by atoms with Crippen LogP contribution in [0.25, 0.3) is 0 Å². The summed E-state index contributed by atoms with van der Waals surface area (Å²) in [7, 11) is 4.01. The highest BCUT2D eigenvalue weighted by atomic mass is 31.0. The summed E-state index contributed by atoms with van der Waals surface area (Å²) < 4.78 is 4.65. The van der Waals surface area contributed by atoms with E-state index in [-0.39, 0.29) is 11.9 Å². The van der Waals surface area contributed by atoms with Gasteiger partial charge < -0.3 is 4.74 Å². The third-order valence-corrected chi connectivity index (χ3v) is 2.38. The van der Waals surface area contributed by atoms with Crippen LogP contribution in [-0.2, 0) is 9.53 Å². The average molecular weight is 196 g/mol. The molecule has 0 saturated heterocycles. The lowest BCUT2D eigenvalue weighted by Gasteiger charge is -2.08. The van der Waals surface area contributed by atoms with E-state index in [0.29, 0.717) is 0 Å². The summed E-state index contributed by atoms with van der Waals surface area (Å²) >= 11 is 0. The highest BCUT2D eigenvalue weighted by Gasteiger charge is 2.14. The van der Waals surface area contributed by atoms with E-state index in [0.717, 1.165) is 10.9 Å². The van der Waals surface area contributed by atoms with E-state index in [2.05, 4.69) is 14.0 Å². The molecule has 0 aromatic heterocycles. The maximum atomic E-state index is 11.2. The first kappa shape index (κ1) is 10.2. The Hall–Kier alpha value is -0.880. The second-order valence-electron chi connectivity index (χ2n) is 2.91. The number of methoxy groups -OCH3 is 1. The summed E-state index contributed by atoms with van der Waals surface area (Å²) in [6.07, 6.45) is 0. The summed E-state index contributed by atoms with van der Waals surface area (Å²) in [5, 5.41) is 1.11. The van der Waals surface area contributed by atoms with Gasteiger partial charge in [-0.2, -0.15) is 0 Å². The number of hydrogen-bond acceptors (Lipinski definition) is 2. The van der Waals surface area contributed by atoms with Gasteiger partial charge in [0.15, 0.2) is 0 Å². The molecule has 0 fully saturated rings. The van der Waals surface area contributed by atoms with Crippen molar-refractivity contribution < 1.29 is 9.53 Å². The SMILES string of the molecule is COC(=O)C(C)c1ccc(P)cc1. The van der Waals surface area contributed by atoms with Crippen LogP contribution < -0.4 is 5.30 Å². The smallest absolute Gasteiger partial charge is 0.312 e. The van der Waals surface area contributed by atoms with Crippen molar-refractivity contribution in [1.82, 2.24) is 0 Å². The van der Waals surface area contributed by atoms with Gasteiger partial charge in [0.25, 0.3) is 0 Å². The van der Waals surface area contributed by atoms with Crippen molar-refractivity contribution in [1.29, 1.82) is 0 Å². The Balaban J connectivity index is 2.83. The molecule has 1 aromatic carbocycles. The molecule has 2 nitrogen and oxygen atoms in total. The third kappa shape index (κ3) is 2.53. The van der Waals surface area contributed by atoms with Crippen molar-refractivity contribution in [3.8, 4) is 0 Å². The Morgan fingerprint density at radius 3 is 2.38 bits per heavy atom. The molecular formula is C10H13O2P. The number of carbonyl (C=O) groups excluding carboxylic acids is 1. The normalized spacial score (nSPS) is 12.2. The molecule has 2 unspecified atom stereocenters. The minimum absolute atomic E-state index is 0.185. The summed E-state index contributed by atoms with van der Waals surface area (Å²) in [6.45, 7) is 1.84. The number of carbonyl (C=O) groups is 1. The zero-order chi connectivity index (χ0) is 9.84. The molecule has 0 heterocycles. The minimum atomic E-state index is -0.198. The van der Waals surface area contributed by atoms with Gasteiger partial charge in [0.1, 0.15) is 0 Å². The molecule has 70 valence electrons. The minimum Gasteiger partial charge on any atom is -0.469 e. The first-order valence-electron chi connectivity index (χ1n) is 4.08. The van der Waals surface area contributed by atoms with Crippen molar-refractivity contribution in [2.45, 2.75) is 12.8 Å². The van der Waals surface area contributed by atoms with Gasteiger partial charge in [0.2, 0.25) is 0 Å². The number of rotatable bonds is 2. The molecule has 0 amide bonds. The van der Waals surface area contributed by atoms with Gasteiger partial charge >= 0.3 is 5.97 Å². The van der Waals surface area contributed by atoms with E-state index >= 15 is 0 Å². The molecule has 1 aromatic rings. The van der Waals surface area contributed by atoms with Crippen LogP contribution in [0, 0.1) is 0 Å². The average Bonchev–Trinajstić information content (AvgIpc) is 2.17. The summed E-state index contributed by atoms with van der Waals surface area (Å²) in [5.74, 6) is -0.382. The number of ether oxygens (including phenoxy) is 1. The van der Waals surface area contributed by atoms with Crippen LogP contribution in [-0.4, -0.2) is 13.1 Å². The van der Waals surface area contributed by atoms with Crippen LogP contribution in [0.2, 0.25) is 0 Å². The van der Waals surface area contributed by atoms with E-state index in [4.69, 9.17) is 0 Å². The van der Waals surface area contributed by atoms with E-state index < -0.39 is 0 Å². The molecule has 0 aliphatic carbocycles. The first-order chi connectivity index (χ1) is 6.15. The first-order valence-corrected chi connectivity index (χ1v) is 4.66. The monoisotopic (exact) mass is 196 g/mol. The highest BCUT2D eigenvalue weighted by molar-refractivity contribution is 7.27. The molecule has 0 aliphatic heterocycles. The largest absolute Gasteiger partial charge is 0.469 e. The van der Waals surface area contributed by atoms with Gasteiger partial charge in [-0.05, 0) is 17.8 Å². The number of hydrogen-bond donors (Lipinski definition) is 0. The lowest BCUT2D eigenvalue weighted by atomic mass is 10.0. The zero-order valence-electron chi connectivity index (χ0n) is 7.78. The predicted octanol–water partition coefficient (Wildman–Crippen LogP) is 1.46. The van der Waals surface area contributed by atoms with Crippen LogP contribution in [0.5, 0.6) is 0 Å². The molecule has 0 bridgehead atoms. The van der Waals surface area contributed by atoms with Crippen molar-refractivity contribution in [2.75, 3.05) is 7.11 Å². The van der Waals surface area contributed by atoms with Crippen LogP contribution >= 0.6 is 9.24 Å². The molecule has 13 heavy (non-hydrogen) atoms. The van der Waals surface area contributed by atoms with Crippen molar-refractivity contribution in [3.05, 3.63) is 29.8 Å². The van der Waals surface area contributed by atoms with Crippen molar-refractivity contribution in [3.63, 3.8) is 0 Å². The lowest BCUT2D eigenvalue weighted by molar-refractivity contribution is -0.141. The summed E-state index contributed by atoms with van der Waals surface area (Å²) in [4.78, 5) is 11.2. The van der Waals surface area contributed by atoms with Crippen LogP contribution in [0.3, 0.4) is 0 Å². The molecule has 0 aliphatic rings. The highest BCUT2D eigenvalue weighted by Crippen LogP contribution is 2.15. The molecular weight excluding hydrogens is 183 g/mol. The summed E-state index contributed by atoms with van der Waals surface area (Å²) in [6, 6.07) is 7.78. The van der Waals surface area contributed by atoms with Gasteiger partial charge in [-0.15, -0.1) is 9.24 Å². The molecule has 2 atom stereocenters. The van der Waals surface area contributed by atoms with Gasteiger partial charge in [0.05, 0.1) is 13.0 Å². The maximum absolute atomic E-state index is 11.2. The number of esters is 1. The number of benzene rings is 1. The summed E-state index contributed by atoms with van der Waals surface area (Å²) in [5.41, 5.74) is 0.984. The zero-order valence-corrected chi connectivity index (χ0v) is 8.94.